The fraction of sp³-hybridized carbons (Fsp3) is 0.273. The summed E-state index contributed by atoms with van der Waals surface area (Å²) in [5.74, 6) is 0.920. The largest absolute Gasteiger partial charge is 0.421 e. The maximum atomic E-state index is 13.3. The third-order valence-electron chi connectivity index (χ3n) is 2.19. The van der Waals surface area contributed by atoms with E-state index in [9.17, 15) is 4.39 Å². The van der Waals surface area contributed by atoms with Crippen LogP contribution in [0.2, 0.25) is 0 Å². The molecule has 1 aromatic heterocycles. The first-order valence-electron chi connectivity index (χ1n) is 4.85. The lowest BCUT2D eigenvalue weighted by Crippen LogP contribution is -1.84. The second-order valence-corrected chi connectivity index (χ2v) is 3.78. The van der Waals surface area contributed by atoms with E-state index in [1.54, 1.807) is 19.1 Å². The summed E-state index contributed by atoms with van der Waals surface area (Å²) < 4.78 is 18.6. The topological polar surface area (TPSA) is 38.9 Å². The highest BCUT2D eigenvalue weighted by atomic mass is 35.5. The summed E-state index contributed by atoms with van der Waals surface area (Å²) >= 11 is 5.55. The first-order chi connectivity index (χ1) is 7.70. The first-order valence-corrected chi connectivity index (χ1v) is 5.39. The number of aromatic nitrogens is 2. The van der Waals surface area contributed by atoms with E-state index in [-0.39, 0.29) is 5.82 Å². The van der Waals surface area contributed by atoms with Crippen molar-refractivity contribution in [3.05, 3.63) is 35.5 Å². The number of benzene rings is 1. The van der Waals surface area contributed by atoms with Gasteiger partial charge in [0.05, 0.1) is 0 Å². The summed E-state index contributed by atoms with van der Waals surface area (Å²) in [6.45, 7) is 1.70. The molecule has 0 amide bonds. The average Bonchev–Trinajstić information content (AvgIpc) is 2.71. The molecular weight excluding hydrogens is 231 g/mol. The summed E-state index contributed by atoms with van der Waals surface area (Å²) in [5.41, 5.74) is 1.17. The van der Waals surface area contributed by atoms with Gasteiger partial charge in [0.2, 0.25) is 11.8 Å². The summed E-state index contributed by atoms with van der Waals surface area (Å²) in [5, 5.41) is 7.64. The highest BCUT2D eigenvalue weighted by Crippen LogP contribution is 2.20. The SMILES string of the molecule is Cc1ccc(-c2nnc(CCCl)o2)cc1F. The molecule has 0 saturated carbocycles. The van der Waals surface area contributed by atoms with E-state index in [0.29, 0.717) is 35.2 Å². The molecule has 1 aromatic carbocycles. The van der Waals surface area contributed by atoms with Gasteiger partial charge in [-0.3, -0.25) is 0 Å². The minimum atomic E-state index is -0.283. The minimum Gasteiger partial charge on any atom is -0.421 e. The molecule has 0 saturated heterocycles. The predicted molar refractivity (Wildman–Crippen MR) is 58.9 cm³/mol. The van der Waals surface area contributed by atoms with Gasteiger partial charge in [0.25, 0.3) is 0 Å². The Morgan fingerprint density at radius 2 is 2.19 bits per heavy atom. The molecule has 0 aliphatic carbocycles. The van der Waals surface area contributed by atoms with Crippen molar-refractivity contribution >= 4 is 11.6 Å². The summed E-state index contributed by atoms with van der Waals surface area (Å²) in [7, 11) is 0. The molecule has 5 heteroatoms. The van der Waals surface area contributed by atoms with Gasteiger partial charge in [-0.15, -0.1) is 21.8 Å². The highest BCUT2D eigenvalue weighted by molar-refractivity contribution is 6.17. The monoisotopic (exact) mass is 240 g/mol. The molecule has 0 aliphatic rings. The molecule has 2 aromatic rings. The van der Waals surface area contributed by atoms with Gasteiger partial charge in [0.1, 0.15) is 5.82 Å². The molecule has 0 radical (unpaired) electrons. The predicted octanol–water partition coefficient (Wildman–Crippen LogP) is 2.97. The van der Waals surface area contributed by atoms with Crippen LogP contribution in [0.5, 0.6) is 0 Å². The van der Waals surface area contributed by atoms with Gasteiger partial charge in [0, 0.05) is 17.9 Å². The molecule has 84 valence electrons. The molecule has 0 unspecified atom stereocenters. The summed E-state index contributed by atoms with van der Waals surface area (Å²) in [4.78, 5) is 0. The van der Waals surface area contributed by atoms with Gasteiger partial charge in [-0.25, -0.2) is 4.39 Å². The number of halogens is 2. The zero-order valence-corrected chi connectivity index (χ0v) is 9.46. The van der Waals surface area contributed by atoms with Crippen LogP contribution < -0.4 is 0 Å². The Kier molecular flexibility index (Phi) is 3.19. The molecule has 0 fully saturated rings. The summed E-state index contributed by atoms with van der Waals surface area (Å²) in [6, 6.07) is 4.81. The van der Waals surface area contributed by atoms with Crippen molar-refractivity contribution in [2.45, 2.75) is 13.3 Å². The maximum absolute atomic E-state index is 13.3. The lowest BCUT2D eigenvalue weighted by atomic mass is 10.1. The van der Waals surface area contributed by atoms with E-state index in [1.807, 2.05) is 0 Å². The third kappa shape index (κ3) is 2.22. The Morgan fingerprint density at radius 3 is 2.88 bits per heavy atom. The molecule has 2 rings (SSSR count). The van der Waals surface area contributed by atoms with E-state index in [0.717, 1.165) is 0 Å². The third-order valence-corrected chi connectivity index (χ3v) is 2.38. The number of nitrogens with zero attached hydrogens (tertiary/aromatic N) is 2. The van der Waals surface area contributed by atoms with Crippen molar-refractivity contribution in [2.75, 3.05) is 5.88 Å². The van der Waals surface area contributed by atoms with E-state index >= 15 is 0 Å². The Hall–Kier alpha value is -1.42. The zero-order valence-electron chi connectivity index (χ0n) is 8.70. The van der Waals surface area contributed by atoms with Crippen LogP contribution in [0, 0.1) is 12.7 Å². The van der Waals surface area contributed by atoms with Crippen LogP contribution >= 0.6 is 11.6 Å². The molecule has 1 heterocycles. The van der Waals surface area contributed by atoms with Crippen molar-refractivity contribution in [1.82, 2.24) is 10.2 Å². The lowest BCUT2D eigenvalue weighted by Gasteiger charge is -1.97. The highest BCUT2D eigenvalue weighted by Gasteiger charge is 2.09. The van der Waals surface area contributed by atoms with Gasteiger partial charge in [0.15, 0.2) is 0 Å². The second-order valence-electron chi connectivity index (χ2n) is 3.40. The number of rotatable bonds is 3. The van der Waals surface area contributed by atoms with Crippen molar-refractivity contribution in [2.24, 2.45) is 0 Å². The molecule has 0 bridgehead atoms. The molecule has 16 heavy (non-hydrogen) atoms. The van der Waals surface area contributed by atoms with Gasteiger partial charge in [-0.1, -0.05) is 6.07 Å². The van der Waals surface area contributed by atoms with E-state index in [2.05, 4.69) is 10.2 Å². The fourth-order valence-electron chi connectivity index (χ4n) is 1.28. The molecule has 0 spiro atoms. The van der Waals surface area contributed by atoms with Crippen molar-refractivity contribution in [1.29, 1.82) is 0 Å². The van der Waals surface area contributed by atoms with E-state index < -0.39 is 0 Å². The van der Waals surface area contributed by atoms with Gasteiger partial charge in [-0.2, -0.15) is 0 Å². The van der Waals surface area contributed by atoms with Crippen LogP contribution in [0.1, 0.15) is 11.5 Å². The first kappa shape index (κ1) is 11.1. The number of hydrogen-bond acceptors (Lipinski definition) is 3. The Labute approximate surface area is 97.3 Å². The zero-order chi connectivity index (χ0) is 11.5. The van der Waals surface area contributed by atoms with Crippen LogP contribution in [-0.2, 0) is 6.42 Å². The molecule has 3 nitrogen and oxygen atoms in total. The van der Waals surface area contributed by atoms with Gasteiger partial charge in [-0.05, 0) is 24.6 Å². The van der Waals surface area contributed by atoms with Crippen LogP contribution in [-0.4, -0.2) is 16.1 Å². The smallest absolute Gasteiger partial charge is 0.247 e. The minimum absolute atomic E-state index is 0.283. The Balaban J connectivity index is 2.31. The Bertz CT molecular complexity index is 498. The molecule has 0 aliphatic heterocycles. The molecule has 0 atom stereocenters. The van der Waals surface area contributed by atoms with Crippen molar-refractivity contribution < 1.29 is 8.81 Å². The average molecular weight is 241 g/mol. The Morgan fingerprint density at radius 1 is 1.38 bits per heavy atom. The van der Waals surface area contributed by atoms with Gasteiger partial charge < -0.3 is 4.42 Å². The number of alkyl halides is 1. The van der Waals surface area contributed by atoms with Crippen LogP contribution in [0.15, 0.2) is 22.6 Å². The number of aryl methyl sites for hydroxylation is 2. The normalized spacial score (nSPS) is 10.7. The van der Waals surface area contributed by atoms with Crippen molar-refractivity contribution in [3.8, 4) is 11.5 Å². The molecular formula is C11H10ClFN2O. The van der Waals surface area contributed by atoms with Crippen LogP contribution in [0.4, 0.5) is 4.39 Å². The number of hydrogen-bond donors (Lipinski definition) is 0. The van der Waals surface area contributed by atoms with E-state index in [1.165, 1.54) is 6.07 Å². The van der Waals surface area contributed by atoms with Crippen LogP contribution in [0.25, 0.3) is 11.5 Å². The lowest BCUT2D eigenvalue weighted by molar-refractivity contribution is 0.513. The fourth-order valence-corrected chi connectivity index (χ4v) is 1.44. The second kappa shape index (κ2) is 4.61. The quantitative estimate of drug-likeness (QED) is 0.775. The van der Waals surface area contributed by atoms with Crippen LogP contribution in [0.3, 0.4) is 0 Å². The van der Waals surface area contributed by atoms with Gasteiger partial charge >= 0.3 is 0 Å². The standard InChI is InChI=1S/C11H10ClFN2O/c1-7-2-3-8(6-9(7)13)11-15-14-10(16-11)4-5-12/h2-3,6H,4-5H2,1H3. The van der Waals surface area contributed by atoms with E-state index in [4.69, 9.17) is 16.0 Å². The molecule has 0 N–H and O–H groups in total. The maximum Gasteiger partial charge on any atom is 0.247 e. The van der Waals surface area contributed by atoms with Crippen molar-refractivity contribution in [3.63, 3.8) is 0 Å². The summed E-state index contributed by atoms with van der Waals surface area (Å²) in [6.07, 6.45) is 0.517.